The van der Waals surface area contributed by atoms with Crippen molar-refractivity contribution in [2.75, 3.05) is 10.6 Å². The molecule has 1 aromatic heterocycles. The van der Waals surface area contributed by atoms with E-state index in [-0.39, 0.29) is 5.69 Å². The standard InChI is InChI=1S/C36H49N5O2Si2/c1-22(2)44(23(3)4,24(5)6)19-17-28-13-14-29(18-20-45(25(7)8,26(9)10)27(11)12)34-33(28)39-35-36(40-34)38-32-21-30(41(42)43)15-16-31(32)37-35/h13-16,21-27H,1-12H3,(H,37,39)(H,38,40). The van der Waals surface area contributed by atoms with Gasteiger partial charge in [-0.15, -0.1) is 11.1 Å². The number of nitro benzene ring substituents is 1. The average Bonchev–Trinajstić information content (AvgIpc) is 2.94. The summed E-state index contributed by atoms with van der Waals surface area (Å²) in [5, 5.41) is 18.5. The van der Waals surface area contributed by atoms with Gasteiger partial charge >= 0.3 is 0 Å². The molecule has 0 saturated heterocycles. The molecule has 2 aromatic carbocycles. The van der Waals surface area contributed by atoms with Crippen molar-refractivity contribution in [3.05, 3.63) is 51.6 Å². The molecule has 238 valence electrons. The highest BCUT2D eigenvalue weighted by molar-refractivity contribution is 6.91. The fourth-order valence-electron chi connectivity index (χ4n) is 7.86. The average molecular weight is 640 g/mol. The van der Waals surface area contributed by atoms with Crippen LogP contribution >= 0.6 is 0 Å². The Hall–Kier alpha value is -3.67. The molecule has 0 amide bonds. The molecule has 3 aromatic rings. The molecular formula is C36H49N5O2Si2. The summed E-state index contributed by atoms with van der Waals surface area (Å²) in [5.74, 6) is 8.36. The molecule has 2 N–H and O–H groups in total. The zero-order chi connectivity index (χ0) is 33.4. The lowest BCUT2D eigenvalue weighted by Gasteiger charge is -2.38. The lowest BCUT2D eigenvalue weighted by molar-refractivity contribution is -0.384. The Morgan fingerprint density at radius 2 is 1.00 bits per heavy atom. The molecule has 0 saturated carbocycles. The van der Waals surface area contributed by atoms with E-state index in [1.165, 1.54) is 12.1 Å². The minimum absolute atomic E-state index is 0.0181. The van der Waals surface area contributed by atoms with Crippen molar-refractivity contribution in [3.8, 4) is 22.9 Å². The van der Waals surface area contributed by atoms with Gasteiger partial charge in [-0.2, -0.15) is 0 Å². The highest BCUT2D eigenvalue weighted by Crippen LogP contribution is 2.44. The van der Waals surface area contributed by atoms with E-state index in [4.69, 9.17) is 9.97 Å². The van der Waals surface area contributed by atoms with Crippen LogP contribution in [-0.4, -0.2) is 31.0 Å². The number of nitrogens with one attached hydrogen (secondary N) is 2. The van der Waals surface area contributed by atoms with E-state index in [1.54, 1.807) is 6.07 Å². The Kier molecular flexibility index (Phi) is 9.87. The van der Waals surface area contributed by atoms with E-state index in [2.05, 4.69) is 129 Å². The third kappa shape index (κ3) is 6.13. The molecule has 2 heterocycles. The van der Waals surface area contributed by atoms with Gasteiger partial charge in [0.2, 0.25) is 0 Å². The van der Waals surface area contributed by atoms with Gasteiger partial charge in [0.05, 0.1) is 27.3 Å². The molecule has 0 unspecified atom stereocenters. The Bertz CT molecular complexity index is 1700. The second-order valence-corrected chi connectivity index (χ2v) is 25.5. The van der Waals surface area contributed by atoms with Crippen molar-refractivity contribution in [1.29, 1.82) is 0 Å². The smallest absolute Gasteiger partial charge is 0.271 e. The highest BCUT2D eigenvalue weighted by Gasteiger charge is 2.43. The lowest BCUT2D eigenvalue weighted by atomic mass is 10.0. The number of benzene rings is 2. The molecule has 7 nitrogen and oxygen atoms in total. The first-order valence-electron chi connectivity index (χ1n) is 16.3. The van der Waals surface area contributed by atoms with Gasteiger partial charge < -0.3 is 10.6 Å². The number of nitro groups is 1. The monoisotopic (exact) mass is 639 g/mol. The quantitative estimate of drug-likeness (QED) is 0.0904. The third-order valence-electron chi connectivity index (χ3n) is 10.1. The van der Waals surface area contributed by atoms with Crippen molar-refractivity contribution in [3.63, 3.8) is 0 Å². The number of anilines is 4. The summed E-state index contributed by atoms with van der Waals surface area (Å²) >= 11 is 0. The van der Waals surface area contributed by atoms with Crippen molar-refractivity contribution in [2.24, 2.45) is 0 Å². The van der Waals surface area contributed by atoms with Crippen LogP contribution in [0, 0.1) is 33.0 Å². The number of rotatable bonds is 7. The van der Waals surface area contributed by atoms with Gasteiger partial charge in [-0.3, -0.25) is 10.1 Å². The predicted octanol–water partition coefficient (Wildman–Crippen LogP) is 10.5. The number of nitrogens with zero attached hydrogens (tertiary/aromatic N) is 3. The van der Waals surface area contributed by atoms with Crippen LogP contribution in [0.3, 0.4) is 0 Å². The van der Waals surface area contributed by atoms with Crippen LogP contribution in [0.15, 0.2) is 30.3 Å². The van der Waals surface area contributed by atoms with Crippen LogP contribution in [0.5, 0.6) is 0 Å². The fourth-order valence-corrected chi connectivity index (χ4v) is 18.3. The first-order valence-corrected chi connectivity index (χ1v) is 20.8. The zero-order valence-corrected chi connectivity index (χ0v) is 31.0. The Morgan fingerprint density at radius 1 is 0.622 bits per heavy atom. The minimum atomic E-state index is -2.00. The topological polar surface area (TPSA) is 93.0 Å². The van der Waals surface area contributed by atoms with Crippen molar-refractivity contribution in [1.82, 2.24) is 9.97 Å². The molecule has 0 spiro atoms. The fraction of sp³-hybridized carbons (Fsp3) is 0.500. The summed E-state index contributed by atoms with van der Waals surface area (Å²) in [6.45, 7) is 27.9. The minimum Gasteiger partial charge on any atom is -0.334 e. The van der Waals surface area contributed by atoms with Gasteiger partial charge in [0, 0.05) is 23.3 Å². The van der Waals surface area contributed by atoms with Crippen LogP contribution < -0.4 is 10.6 Å². The van der Waals surface area contributed by atoms with Gasteiger partial charge in [-0.05, 0) is 51.4 Å². The molecular weight excluding hydrogens is 591 g/mol. The third-order valence-corrected chi connectivity index (χ3v) is 22.7. The Balaban J connectivity index is 1.96. The molecule has 0 fully saturated rings. The molecule has 0 bridgehead atoms. The summed E-state index contributed by atoms with van der Waals surface area (Å²) in [4.78, 5) is 20.6. The normalized spacial score (nSPS) is 12.9. The first-order chi connectivity index (χ1) is 21.1. The number of hydrogen-bond donors (Lipinski definition) is 2. The summed E-state index contributed by atoms with van der Waals surface area (Å²) < 4.78 is 0. The molecule has 45 heavy (non-hydrogen) atoms. The van der Waals surface area contributed by atoms with Crippen LogP contribution in [0.2, 0.25) is 33.2 Å². The van der Waals surface area contributed by atoms with Crippen LogP contribution in [-0.2, 0) is 0 Å². The second kappa shape index (κ2) is 13.0. The maximum Gasteiger partial charge on any atom is 0.271 e. The molecule has 1 aliphatic heterocycles. The zero-order valence-electron chi connectivity index (χ0n) is 29.0. The molecule has 4 rings (SSSR count). The predicted molar refractivity (Wildman–Crippen MR) is 195 cm³/mol. The van der Waals surface area contributed by atoms with Crippen molar-refractivity contribution < 1.29 is 4.92 Å². The number of fused-ring (bicyclic) bond motifs is 3. The van der Waals surface area contributed by atoms with E-state index >= 15 is 0 Å². The first kappa shape index (κ1) is 34.2. The summed E-state index contributed by atoms with van der Waals surface area (Å²) in [7, 11) is -3.98. The highest BCUT2D eigenvalue weighted by atomic mass is 28.3. The second-order valence-electron chi connectivity index (χ2n) is 14.3. The van der Waals surface area contributed by atoms with Gasteiger partial charge in [0.25, 0.3) is 5.69 Å². The largest absolute Gasteiger partial charge is 0.334 e. The van der Waals surface area contributed by atoms with E-state index in [9.17, 15) is 10.1 Å². The van der Waals surface area contributed by atoms with Crippen molar-refractivity contribution in [2.45, 2.75) is 116 Å². The van der Waals surface area contributed by atoms with Crippen LogP contribution in [0.1, 0.15) is 94.2 Å². The molecule has 0 radical (unpaired) electrons. The van der Waals surface area contributed by atoms with E-state index in [0.29, 0.717) is 55.9 Å². The summed E-state index contributed by atoms with van der Waals surface area (Å²) in [6, 6.07) is 8.74. The Morgan fingerprint density at radius 3 is 1.36 bits per heavy atom. The van der Waals surface area contributed by atoms with Crippen LogP contribution in [0.4, 0.5) is 28.7 Å². The molecule has 9 heteroatoms. The van der Waals surface area contributed by atoms with Gasteiger partial charge in [0.1, 0.15) is 16.1 Å². The molecule has 1 aliphatic rings. The number of aromatic nitrogens is 2. The van der Waals surface area contributed by atoms with Crippen LogP contribution in [0.25, 0.3) is 11.0 Å². The maximum absolute atomic E-state index is 11.4. The van der Waals surface area contributed by atoms with Gasteiger partial charge in [-0.1, -0.05) is 94.9 Å². The van der Waals surface area contributed by atoms with Gasteiger partial charge in [-0.25, -0.2) is 9.97 Å². The number of hydrogen-bond acceptors (Lipinski definition) is 6. The Labute approximate surface area is 271 Å². The van der Waals surface area contributed by atoms with Gasteiger partial charge in [0.15, 0.2) is 11.6 Å². The van der Waals surface area contributed by atoms with Crippen molar-refractivity contribution >= 4 is 55.9 Å². The SMILES string of the molecule is CC(C)[Si](C#Cc1ccc(C#C[Si](C(C)C)(C(C)C)C(C)C)c2c1Nc1nc3ccc([N+](=O)[O-])cc3nc1N2)(C(C)C)C(C)C. The van der Waals surface area contributed by atoms with E-state index in [1.807, 2.05) is 0 Å². The lowest BCUT2D eigenvalue weighted by Crippen LogP contribution is -2.43. The molecule has 0 aliphatic carbocycles. The maximum atomic E-state index is 11.4. The summed E-state index contributed by atoms with van der Waals surface area (Å²) in [5.41, 5.74) is 15.3. The number of non-ortho nitro benzene ring substituents is 1. The molecule has 0 atom stereocenters. The summed E-state index contributed by atoms with van der Waals surface area (Å²) in [6.07, 6.45) is 0. The van der Waals surface area contributed by atoms with E-state index < -0.39 is 21.1 Å². The van der Waals surface area contributed by atoms with E-state index in [0.717, 1.165) is 22.5 Å².